The Morgan fingerprint density at radius 1 is 1.12 bits per heavy atom. The summed E-state index contributed by atoms with van der Waals surface area (Å²) >= 11 is 6.10. The van der Waals surface area contributed by atoms with Gasteiger partial charge in [-0.2, -0.15) is 0 Å². The third kappa shape index (κ3) is 8.33. The molecule has 0 unspecified atom stereocenters. The van der Waals surface area contributed by atoms with Crippen molar-refractivity contribution < 1.29 is 18.0 Å². The van der Waals surface area contributed by atoms with Gasteiger partial charge < -0.3 is 10.2 Å². The monoisotopic (exact) mass is 507 g/mol. The normalized spacial score (nSPS) is 12.1. The lowest BCUT2D eigenvalue weighted by Gasteiger charge is -2.29. The Hall–Kier alpha value is -2.58. The third-order valence-corrected chi connectivity index (χ3v) is 6.83. The highest BCUT2D eigenvalue weighted by Crippen LogP contribution is 2.20. The molecular weight excluding hydrogens is 474 g/mol. The van der Waals surface area contributed by atoms with Crippen molar-refractivity contribution in [2.45, 2.75) is 52.6 Å². The fourth-order valence-electron chi connectivity index (χ4n) is 3.60. The van der Waals surface area contributed by atoms with Crippen molar-refractivity contribution in [3.05, 3.63) is 64.7 Å². The predicted molar refractivity (Wildman–Crippen MR) is 137 cm³/mol. The zero-order valence-electron chi connectivity index (χ0n) is 20.3. The Labute approximate surface area is 208 Å². The van der Waals surface area contributed by atoms with E-state index in [1.54, 1.807) is 43.3 Å². The molecule has 0 saturated heterocycles. The van der Waals surface area contributed by atoms with Gasteiger partial charge in [0.2, 0.25) is 21.8 Å². The minimum Gasteiger partial charge on any atom is -0.354 e. The predicted octanol–water partition coefficient (Wildman–Crippen LogP) is 4.14. The van der Waals surface area contributed by atoms with Crippen LogP contribution >= 0.6 is 11.6 Å². The smallest absolute Gasteiger partial charge is 0.242 e. The van der Waals surface area contributed by atoms with Gasteiger partial charge in [0.05, 0.1) is 11.9 Å². The second-order valence-corrected chi connectivity index (χ2v) is 10.7. The molecule has 0 bridgehead atoms. The molecular formula is C25H34ClN3O4S. The second-order valence-electron chi connectivity index (χ2n) is 8.40. The molecule has 0 aliphatic heterocycles. The van der Waals surface area contributed by atoms with Gasteiger partial charge >= 0.3 is 0 Å². The van der Waals surface area contributed by atoms with E-state index in [0.717, 1.165) is 23.8 Å². The van der Waals surface area contributed by atoms with Gasteiger partial charge in [-0.25, -0.2) is 8.42 Å². The molecule has 1 N–H and O–H groups in total. The molecule has 1 atom stereocenters. The minimum atomic E-state index is -3.52. The van der Waals surface area contributed by atoms with Gasteiger partial charge in [0.25, 0.3) is 0 Å². The molecule has 0 fully saturated rings. The van der Waals surface area contributed by atoms with Crippen LogP contribution < -0.4 is 9.62 Å². The summed E-state index contributed by atoms with van der Waals surface area (Å²) < 4.78 is 26.1. The van der Waals surface area contributed by atoms with Gasteiger partial charge in [-0.1, -0.05) is 42.8 Å². The number of carbonyl (C=O) groups is 2. The number of benzene rings is 2. The molecule has 2 amide bonds. The maximum Gasteiger partial charge on any atom is 0.242 e. The lowest BCUT2D eigenvalue weighted by atomic mass is 10.1. The first-order valence-electron chi connectivity index (χ1n) is 11.4. The fourth-order valence-corrected chi connectivity index (χ4v) is 4.77. The highest BCUT2D eigenvalue weighted by molar-refractivity contribution is 7.92. The van der Waals surface area contributed by atoms with Crippen LogP contribution in [-0.4, -0.2) is 50.5 Å². The number of aryl methyl sites for hydroxylation is 1. The van der Waals surface area contributed by atoms with E-state index in [1.807, 2.05) is 26.0 Å². The van der Waals surface area contributed by atoms with Crippen LogP contribution in [0, 0.1) is 6.92 Å². The molecule has 0 saturated carbocycles. The van der Waals surface area contributed by atoms with Gasteiger partial charge in [0, 0.05) is 31.1 Å². The van der Waals surface area contributed by atoms with Gasteiger partial charge in [-0.05, 0) is 62.1 Å². The molecule has 2 aromatic rings. The lowest BCUT2D eigenvalue weighted by Crippen LogP contribution is -2.47. The first kappa shape index (κ1) is 27.7. The summed E-state index contributed by atoms with van der Waals surface area (Å²) in [7, 11) is -3.52. The molecule has 0 aliphatic rings. The molecule has 0 heterocycles. The summed E-state index contributed by atoms with van der Waals surface area (Å²) in [6, 6.07) is 13.7. The number of rotatable bonds is 12. The summed E-state index contributed by atoms with van der Waals surface area (Å²) in [5, 5.41) is 3.39. The molecule has 0 aromatic heterocycles. The van der Waals surface area contributed by atoms with E-state index >= 15 is 0 Å². The quantitative estimate of drug-likeness (QED) is 0.467. The molecule has 0 spiro atoms. The van der Waals surface area contributed by atoms with Crippen molar-refractivity contribution >= 4 is 39.1 Å². The second kappa shape index (κ2) is 12.8. The zero-order chi connectivity index (χ0) is 25.3. The van der Waals surface area contributed by atoms with Gasteiger partial charge in [-0.15, -0.1) is 0 Å². The summed E-state index contributed by atoms with van der Waals surface area (Å²) in [6.07, 6.45) is 2.36. The van der Waals surface area contributed by atoms with Crippen LogP contribution in [0.25, 0.3) is 0 Å². The van der Waals surface area contributed by atoms with E-state index in [4.69, 9.17) is 11.6 Å². The maximum absolute atomic E-state index is 13.2. The Kier molecular flexibility index (Phi) is 10.4. The highest BCUT2D eigenvalue weighted by Gasteiger charge is 2.26. The molecule has 7 nitrogen and oxygen atoms in total. The number of sulfonamides is 1. The SMILES string of the molecule is CCCNC(=O)[C@@H](C)N(Cc1cccc(Cl)c1)C(=O)CCCN(c1cccc(C)c1)S(C)(=O)=O. The van der Waals surface area contributed by atoms with Crippen LogP contribution in [0.4, 0.5) is 5.69 Å². The zero-order valence-corrected chi connectivity index (χ0v) is 21.8. The standard InChI is InChI=1S/C25H34ClN3O4S/c1-5-14-27-25(31)20(3)28(18-21-10-7-11-22(26)17-21)24(30)13-8-15-29(34(4,32)33)23-12-6-9-19(2)16-23/h6-7,9-12,16-17,20H,5,8,13-15,18H2,1-4H3,(H,27,31)/t20-/m1/s1. The summed E-state index contributed by atoms with van der Waals surface area (Å²) in [4.78, 5) is 27.4. The molecule has 34 heavy (non-hydrogen) atoms. The van der Waals surface area contributed by atoms with E-state index in [2.05, 4.69) is 5.32 Å². The Balaban J connectivity index is 2.15. The number of nitrogens with zero attached hydrogens (tertiary/aromatic N) is 2. The average molecular weight is 508 g/mol. The van der Waals surface area contributed by atoms with Crippen molar-refractivity contribution in [2.24, 2.45) is 0 Å². The molecule has 186 valence electrons. The first-order chi connectivity index (χ1) is 16.0. The van der Waals surface area contributed by atoms with Crippen LogP contribution in [-0.2, 0) is 26.2 Å². The van der Waals surface area contributed by atoms with Crippen LogP contribution in [0.2, 0.25) is 5.02 Å². The largest absolute Gasteiger partial charge is 0.354 e. The maximum atomic E-state index is 13.2. The lowest BCUT2D eigenvalue weighted by molar-refractivity contribution is -0.140. The van der Waals surface area contributed by atoms with Crippen molar-refractivity contribution in [2.75, 3.05) is 23.7 Å². The van der Waals surface area contributed by atoms with Crippen molar-refractivity contribution in [3.8, 4) is 0 Å². The van der Waals surface area contributed by atoms with Gasteiger partial charge in [0.1, 0.15) is 6.04 Å². The number of carbonyl (C=O) groups excluding carboxylic acids is 2. The number of anilines is 1. The number of amides is 2. The van der Waals surface area contributed by atoms with E-state index in [-0.39, 0.29) is 31.3 Å². The van der Waals surface area contributed by atoms with E-state index in [0.29, 0.717) is 23.7 Å². The van der Waals surface area contributed by atoms with E-state index < -0.39 is 16.1 Å². The summed E-state index contributed by atoms with van der Waals surface area (Å²) in [5.74, 6) is -0.452. The van der Waals surface area contributed by atoms with Crippen LogP contribution in [0.5, 0.6) is 0 Å². The number of nitrogens with one attached hydrogen (secondary N) is 1. The van der Waals surface area contributed by atoms with Crippen molar-refractivity contribution in [3.63, 3.8) is 0 Å². The van der Waals surface area contributed by atoms with E-state index in [9.17, 15) is 18.0 Å². The van der Waals surface area contributed by atoms with Crippen LogP contribution in [0.15, 0.2) is 48.5 Å². The Morgan fingerprint density at radius 2 is 1.82 bits per heavy atom. The van der Waals surface area contributed by atoms with Gasteiger partial charge in [0.15, 0.2) is 0 Å². The summed E-state index contributed by atoms with van der Waals surface area (Å²) in [5.41, 5.74) is 2.33. The number of halogens is 1. The molecule has 2 rings (SSSR count). The molecule has 9 heteroatoms. The molecule has 0 radical (unpaired) electrons. The fraction of sp³-hybridized carbons (Fsp3) is 0.440. The Morgan fingerprint density at radius 3 is 2.44 bits per heavy atom. The number of hydrogen-bond acceptors (Lipinski definition) is 4. The number of hydrogen-bond donors (Lipinski definition) is 1. The van der Waals surface area contributed by atoms with Crippen molar-refractivity contribution in [1.82, 2.24) is 10.2 Å². The van der Waals surface area contributed by atoms with Crippen LogP contribution in [0.1, 0.15) is 44.2 Å². The Bertz CT molecular complexity index is 1090. The minimum absolute atomic E-state index is 0.101. The highest BCUT2D eigenvalue weighted by atomic mass is 35.5. The molecule has 0 aliphatic carbocycles. The first-order valence-corrected chi connectivity index (χ1v) is 13.6. The summed E-state index contributed by atoms with van der Waals surface area (Å²) in [6.45, 7) is 6.47. The third-order valence-electron chi connectivity index (χ3n) is 5.40. The van der Waals surface area contributed by atoms with Crippen molar-refractivity contribution in [1.29, 1.82) is 0 Å². The van der Waals surface area contributed by atoms with E-state index in [1.165, 1.54) is 9.21 Å². The molecule has 2 aromatic carbocycles. The topological polar surface area (TPSA) is 86.8 Å². The average Bonchev–Trinajstić information content (AvgIpc) is 2.77. The van der Waals surface area contributed by atoms with Crippen LogP contribution in [0.3, 0.4) is 0 Å². The van der Waals surface area contributed by atoms with Gasteiger partial charge in [-0.3, -0.25) is 13.9 Å².